The zero-order valence-electron chi connectivity index (χ0n) is 8.33. The SMILES string of the molecule is C=C(CC(C)(C)CCC)NC. The monoisotopic (exact) mass is 155 g/mol. The van der Waals surface area contributed by atoms with E-state index in [0.717, 1.165) is 12.1 Å². The fourth-order valence-corrected chi connectivity index (χ4v) is 1.43. The minimum Gasteiger partial charge on any atom is -0.392 e. The third-order valence-corrected chi connectivity index (χ3v) is 1.97. The van der Waals surface area contributed by atoms with E-state index in [1.165, 1.54) is 12.8 Å². The smallest absolute Gasteiger partial charge is 0.00364 e. The van der Waals surface area contributed by atoms with Crippen molar-refractivity contribution in [2.24, 2.45) is 5.41 Å². The first-order valence-electron chi connectivity index (χ1n) is 4.37. The first kappa shape index (κ1) is 10.5. The molecule has 0 aromatic carbocycles. The van der Waals surface area contributed by atoms with E-state index in [2.05, 4.69) is 32.7 Å². The highest BCUT2D eigenvalue weighted by Crippen LogP contribution is 2.28. The summed E-state index contributed by atoms with van der Waals surface area (Å²) in [5.74, 6) is 0. The third-order valence-electron chi connectivity index (χ3n) is 1.97. The van der Waals surface area contributed by atoms with Crippen LogP contribution >= 0.6 is 0 Å². The van der Waals surface area contributed by atoms with Gasteiger partial charge in [0.2, 0.25) is 0 Å². The summed E-state index contributed by atoms with van der Waals surface area (Å²) in [7, 11) is 1.93. The van der Waals surface area contributed by atoms with Gasteiger partial charge in [-0.15, -0.1) is 0 Å². The van der Waals surface area contributed by atoms with Crippen LogP contribution in [0.4, 0.5) is 0 Å². The molecule has 0 saturated carbocycles. The normalized spacial score (nSPS) is 11.3. The largest absolute Gasteiger partial charge is 0.392 e. The van der Waals surface area contributed by atoms with Gasteiger partial charge in [-0.1, -0.05) is 33.8 Å². The lowest BCUT2D eigenvalue weighted by atomic mass is 9.83. The molecule has 0 spiro atoms. The first-order valence-corrected chi connectivity index (χ1v) is 4.37. The van der Waals surface area contributed by atoms with E-state index < -0.39 is 0 Å². The van der Waals surface area contributed by atoms with Crippen LogP contribution in [0, 0.1) is 5.41 Å². The van der Waals surface area contributed by atoms with Crippen LogP contribution < -0.4 is 5.32 Å². The Labute approximate surface area is 70.9 Å². The van der Waals surface area contributed by atoms with Crippen LogP contribution in [0.3, 0.4) is 0 Å². The molecule has 0 rings (SSSR count). The van der Waals surface area contributed by atoms with Crippen LogP contribution in [-0.2, 0) is 0 Å². The molecule has 0 heterocycles. The second-order valence-corrected chi connectivity index (χ2v) is 3.94. The van der Waals surface area contributed by atoms with E-state index in [4.69, 9.17) is 0 Å². The van der Waals surface area contributed by atoms with Crippen LogP contribution in [0.1, 0.15) is 40.0 Å². The molecular weight excluding hydrogens is 134 g/mol. The number of allylic oxidation sites excluding steroid dienone is 1. The van der Waals surface area contributed by atoms with Gasteiger partial charge >= 0.3 is 0 Å². The standard InChI is InChI=1S/C10H21N/c1-6-7-10(3,4)8-9(2)11-5/h11H,2,6-8H2,1,3-5H3. The molecule has 0 aromatic heterocycles. The second-order valence-electron chi connectivity index (χ2n) is 3.94. The van der Waals surface area contributed by atoms with Crippen LogP contribution in [-0.4, -0.2) is 7.05 Å². The Morgan fingerprint density at radius 2 is 2.00 bits per heavy atom. The molecule has 0 bridgehead atoms. The quantitative estimate of drug-likeness (QED) is 0.643. The minimum absolute atomic E-state index is 0.412. The van der Waals surface area contributed by atoms with Crippen molar-refractivity contribution in [1.82, 2.24) is 5.32 Å². The van der Waals surface area contributed by atoms with Gasteiger partial charge < -0.3 is 5.32 Å². The zero-order valence-corrected chi connectivity index (χ0v) is 8.33. The lowest BCUT2D eigenvalue weighted by molar-refractivity contribution is 0.323. The van der Waals surface area contributed by atoms with E-state index in [9.17, 15) is 0 Å². The molecule has 0 fully saturated rings. The molecule has 0 aliphatic carbocycles. The van der Waals surface area contributed by atoms with Crippen molar-refractivity contribution in [2.45, 2.75) is 40.0 Å². The second kappa shape index (κ2) is 4.42. The minimum atomic E-state index is 0.412. The van der Waals surface area contributed by atoms with Gasteiger partial charge in [-0.3, -0.25) is 0 Å². The number of hydrogen-bond donors (Lipinski definition) is 1. The van der Waals surface area contributed by atoms with E-state index in [1.807, 2.05) is 7.05 Å². The highest BCUT2D eigenvalue weighted by molar-refractivity contribution is 4.94. The molecule has 0 aromatic rings. The predicted octanol–water partition coefficient (Wildman–Crippen LogP) is 2.94. The summed E-state index contributed by atoms with van der Waals surface area (Å²) in [6.45, 7) is 10.7. The number of rotatable bonds is 5. The highest BCUT2D eigenvalue weighted by Gasteiger charge is 2.16. The van der Waals surface area contributed by atoms with Crippen LogP contribution in [0.2, 0.25) is 0 Å². The van der Waals surface area contributed by atoms with Crippen molar-refractivity contribution in [3.63, 3.8) is 0 Å². The van der Waals surface area contributed by atoms with Crippen LogP contribution in [0.5, 0.6) is 0 Å². The molecule has 0 unspecified atom stereocenters. The zero-order chi connectivity index (χ0) is 8.91. The highest BCUT2D eigenvalue weighted by atomic mass is 14.8. The van der Waals surface area contributed by atoms with E-state index >= 15 is 0 Å². The Balaban J connectivity index is 3.80. The Bertz CT molecular complexity index is 125. The van der Waals surface area contributed by atoms with Crippen molar-refractivity contribution in [3.05, 3.63) is 12.3 Å². The van der Waals surface area contributed by atoms with Crippen molar-refractivity contribution in [3.8, 4) is 0 Å². The summed E-state index contributed by atoms with van der Waals surface area (Å²) in [5, 5.41) is 3.08. The lowest BCUT2D eigenvalue weighted by Crippen LogP contribution is -2.16. The van der Waals surface area contributed by atoms with Gasteiger partial charge in [0.05, 0.1) is 0 Å². The maximum absolute atomic E-state index is 3.93. The molecule has 66 valence electrons. The van der Waals surface area contributed by atoms with Crippen molar-refractivity contribution in [2.75, 3.05) is 7.05 Å². The van der Waals surface area contributed by atoms with E-state index in [1.54, 1.807) is 0 Å². The van der Waals surface area contributed by atoms with Gasteiger partial charge in [0.15, 0.2) is 0 Å². The average Bonchev–Trinajstić information content (AvgIpc) is 1.86. The molecule has 1 nitrogen and oxygen atoms in total. The molecule has 0 aliphatic heterocycles. The molecule has 11 heavy (non-hydrogen) atoms. The van der Waals surface area contributed by atoms with Crippen molar-refractivity contribution >= 4 is 0 Å². The van der Waals surface area contributed by atoms with Crippen LogP contribution in [0.15, 0.2) is 12.3 Å². The van der Waals surface area contributed by atoms with Gasteiger partial charge in [-0.25, -0.2) is 0 Å². The van der Waals surface area contributed by atoms with Gasteiger partial charge in [-0.05, 0) is 18.3 Å². The molecule has 0 radical (unpaired) electrons. The summed E-state index contributed by atoms with van der Waals surface area (Å²) < 4.78 is 0. The molecule has 1 heteroatoms. The molecule has 0 aliphatic rings. The summed E-state index contributed by atoms with van der Waals surface area (Å²) in [4.78, 5) is 0. The molecule has 1 N–H and O–H groups in total. The Morgan fingerprint density at radius 3 is 2.36 bits per heavy atom. The Kier molecular flexibility index (Phi) is 4.24. The van der Waals surface area contributed by atoms with Gasteiger partial charge in [-0.2, -0.15) is 0 Å². The van der Waals surface area contributed by atoms with E-state index in [0.29, 0.717) is 5.41 Å². The summed E-state index contributed by atoms with van der Waals surface area (Å²) in [6.07, 6.45) is 3.61. The van der Waals surface area contributed by atoms with Crippen LogP contribution in [0.25, 0.3) is 0 Å². The average molecular weight is 155 g/mol. The van der Waals surface area contributed by atoms with Gasteiger partial charge in [0, 0.05) is 12.7 Å². The summed E-state index contributed by atoms with van der Waals surface area (Å²) in [5.41, 5.74) is 1.55. The maximum atomic E-state index is 3.93. The fraction of sp³-hybridized carbons (Fsp3) is 0.800. The number of hydrogen-bond acceptors (Lipinski definition) is 1. The molecule has 0 atom stereocenters. The summed E-state index contributed by atoms with van der Waals surface area (Å²) >= 11 is 0. The van der Waals surface area contributed by atoms with Gasteiger partial charge in [0.1, 0.15) is 0 Å². The van der Waals surface area contributed by atoms with E-state index in [-0.39, 0.29) is 0 Å². The van der Waals surface area contributed by atoms with Crippen molar-refractivity contribution < 1.29 is 0 Å². The molecular formula is C10H21N. The fourth-order valence-electron chi connectivity index (χ4n) is 1.43. The molecule has 0 saturated heterocycles. The Hall–Kier alpha value is -0.460. The van der Waals surface area contributed by atoms with Gasteiger partial charge in [0.25, 0.3) is 0 Å². The molecule has 0 amide bonds. The topological polar surface area (TPSA) is 12.0 Å². The predicted molar refractivity (Wildman–Crippen MR) is 51.5 cm³/mol. The first-order chi connectivity index (χ1) is 5.02. The Morgan fingerprint density at radius 1 is 1.45 bits per heavy atom. The number of nitrogens with one attached hydrogen (secondary N) is 1. The maximum Gasteiger partial charge on any atom is 0.00364 e. The third kappa shape index (κ3) is 4.88. The lowest BCUT2D eigenvalue weighted by Gasteiger charge is -2.24. The van der Waals surface area contributed by atoms with Crippen molar-refractivity contribution in [1.29, 1.82) is 0 Å². The summed E-state index contributed by atoms with van der Waals surface area (Å²) in [6, 6.07) is 0.